The fourth-order valence-electron chi connectivity index (χ4n) is 3.17. The maximum atomic E-state index is 12.7. The predicted octanol–water partition coefficient (Wildman–Crippen LogP) is 7.07. The molecule has 1 N–H and O–H groups in total. The average Bonchev–Trinajstić information content (AvgIpc) is 2.88. The average molecular weight is 604 g/mol. The zero-order valence-corrected chi connectivity index (χ0v) is 22.9. The molecule has 190 valence electrons. The minimum Gasteiger partial charge on any atom is -0.493 e. The van der Waals surface area contributed by atoms with Gasteiger partial charge < -0.3 is 19.5 Å². The van der Waals surface area contributed by atoms with Gasteiger partial charge in [-0.1, -0.05) is 29.3 Å². The van der Waals surface area contributed by atoms with Crippen LogP contribution in [0.4, 0.5) is 5.69 Å². The van der Waals surface area contributed by atoms with Crippen molar-refractivity contribution in [3.63, 3.8) is 0 Å². The number of esters is 1. The summed E-state index contributed by atoms with van der Waals surface area (Å²) >= 11 is 15.5. The Bertz CT molecular complexity index is 1380. The molecule has 0 aliphatic heterocycles. The van der Waals surface area contributed by atoms with Crippen LogP contribution in [0.1, 0.15) is 28.4 Å². The number of methoxy groups -OCH3 is 1. The van der Waals surface area contributed by atoms with Gasteiger partial charge in [0.05, 0.1) is 33.8 Å². The number of carbonyl (C=O) groups excluding carboxylic acids is 2. The van der Waals surface area contributed by atoms with Crippen LogP contribution in [0.3, 0.4) is 0 Å². The van der Waals surface area contributed by atoms with Gasteiger partial charge in [-0.3, -0.25) is 4.79 Å². The van der Waals surface area contributed by atoms with E-state index in [1.807, 2.05) is 6.07 Å². The summed E-state index contributed by atoms with van der Waals surface area (Å²) in [4.78, 5) is 24.5. The van der Waals surface area contributed by atoms with Crippen LogP contribution in [0, 0.1) is 11.3 Å². The van der Waals surface area contributed by atoms with Gasteiger partial charge in [0.15, 0.2) is 11.5 Å². The molecule has 3 aromatic carbocycles. The van der Waals surface area contributed by atoms with E-state index in [4.69, 9.17) is 37.4 Å². The van der Waals surface area contributed by atoms with Gasteiger partial charge in [0.2, 0.25) is 0 Å². The third kappa shape index (κ3) is 7.49. The Morgan fingerprint density at radius 2 is 1.81 bits per heavy atom. The summed E-state index contributed by atoms with van der Waals surface area (Å²) in [6.07, 6.45) is 1.43. The molecule has 0 unspecified atom stereocenters. The van der Waals surface area contributed by atoms with Gasteiger partial charge in [0.1, 0.15) is 18.2 Å². The van der Waals surface area contributed by atoms with E-state index >= 15 is 0 Å². The van der Waals surface area contributed by atoms with Crippen molar-refractivity contribution in [3.05, 3.63) is 91.4 Å². The number of benzene rings is 3. The van der Waals surface area contributed by atoms with Crippen molar-refractivity contribution in [2.75, 3.05) is 19.0 Å². The lowest BCUT2D eigenvalue weighted by atomic mass is 10.1. The molecule has 0 saturated heterocycles. The maximum Gasteiger partial charge on any atom is 0.338 e. The van der Waals surface area contributed by atoms with Crippen LogP contribution >= 0.6 is 39.1 Å². The normalized spacial score (nSPS) is 10.9. The molecule has 0 heterocycles. The first-order valence-electron chi connectivity index (χ1n) is 10.9. The van der Waals surface area contributed by atoms with Gasteiger partial charge in [-0.15, -0.1) is 0 Å². The largest absolute Gasteiger partial charge is 0.493 e. The Balaban J connectivity index is 1.76. The Morgan fingerprint density at radius 1 is 1.08 bits per heavy atom. The Kier molecular flexibility index (Phi) is 9.98. The molecule has 37 heavy (non-hydrogen) atoms. The smallest absolute Gasteiger partial charge is 0.338 e. The second kappa shape index (κ2) is 13.2. The Hall–Kier alpha value is -3.51. The van der Waals surface area contributed by atoms with E-state index in [1.54, 1.807) is 49.4 Å². The number of hydrogen-bond acceptors (Lipinski definition) is 6. The van der Waals surface area contributed by atoms with Crippen molar-refractivity contribution < 1.29 is 23.8 Å². The molecule has 0 bridgehead atoms. The fourth-order valence-corrected chi connectivity index (χ4v) is 4.06. The van der Waals surface area contributed by atoms with Crippen molar-refractivity contribution in [1.29, 1.82) is 5.26 Å². The van der Waals surface area contributed by atoms with E-state index in [0.717, 1.165) is 5.56 Å². The van der Waals surface area contributed by atoms with Crippen molar-refractivity contribution in [2.24, 2.45) is 0 Å². The number of halogens is 3. The monoisotopic (exact) mass is 602 g/mol. The Labute approximate surface area is 232 Å². The zero-order valence-electron chi connectivity index (χ0n) is 19.8. The SMILES string of the molecule is CCOC(=O)c1ccc(NC(=O)/C(C#N)=C/c2cc(Br)c(OCc3ccc(Cl)c(Cl)c3)c(OC)c2)cc1. The first-order valence-corrected chi connectivity index (χ1v) is 12.4. The molecule has 3 rings (SSSR count). The number of carbonyl (C=O) groups is 2. The minimum atomic E-state index is -0.610. The van der Waals surface area contributed by atoms with Gasteiger partial charge in [0, 0.05) is 5.69 Å². The lowest BCUT2D eigenvalue weighted by molar-refractivity contribution is -0.112. The number of amides is 1. The number of nitriles is 1. The topological polar surface area (TPSA) is 97.7 Å². The summed E-state index contributed by atoms with van der Waals surface area (Å²) in [7, 11) is 1.49. The highest BCUT2D eigenvalue weighted by atomic mass is 79.9. The Morgan fingerprint density at radius 3 is 2.43 bits per heavy atom. The summed E-state index contributed by atoms with van der Waals surface area (Å²) in [5.74, 6) is -0.230. The summed E-state index contributed by atoms with van der Waals surface area (Å²) in [5, 5.41) is 13.1. The summed E-state index contributed by atoms with van der Waals surface area (Å²) < 4.78 is 16.9. The molecule has 0 radical (unpaired) electrons. The lowest BCUT2D eigenvalue weighted by Gasteiger charge is -2.14. The van der Waals surface area contributed by atoms with Crippen LogP contribution in [-0.2, 0) is 16.1 Å². The van der Waals surface area contributed by atoms with E-state index in [2.05, 4.69) is 21.2 Å². The van der Waals surface area contributed by atoms with E-state index in [-0.39, 0.29) is 18.8 Å². The lowest BCUT2D eigenvalue weighted by Crippen LogP contribution is -2.13. The van der Waals surface area contributed by atoms with Crippen molar-refractivity contribution in [2.45, 2.75) is 13.5 Å². The molecule has 0 spiro atoms. The van der Waals surface area contributed by atoms with Crippen molar-refractivity contribution in [3.8, 4) is 17.6 Å². The molecule has 0 atom stereocenters. The quantitative estimate of drug-likeness (QED) is 0.160. The molecule has 0 aliphatic rings. The molecular weight excluding hydrogens is 583 g/mol. The van der Waals surface area contributed by atoms with E-state index < -0.39 is 11.9 Å². The van der Waals surface area contributed by atoms with Crippen LogP contribution in [0.25, 0.3) is 6.08 Å². The van der Waals surface area contributed by atoms with Gasteiger partial charge in [-0.05, 0) is 88.6 Å². The molecule has 0 aromatic heterocycles. The molecule has 10 heteroatoms. The molecule has 3 aromatic rings. The van der Waals surface area contributed by atoms with Crippen molar-refractivity contribution in [1.82, 2.24) is 0 Å². The van der Waals surface area contributed by atoms with E-state index in [9.17, 15) is 14.9 Å². The summed E-state index contributed by atoms with van der Waals surface area (Å²) in [6.45, 7) is 2.19. The molecule has 0 fully saturated rings. The molecule has 1 amide bonds. The standard InChI is InChI=1S/C27H21BrCl2N2O5/c1-3-36-27(34)18-5-7-20(8-6-18)32-26(33)19(14-31)10-17-11-21(28)25(24(13-17)35-2)37-15-16-4-9-22(29)23(30)12-16/h4-13H,3,15H2,1-2H3,(H,32,33)/b19-10+. The summed E-state index contributed by atoms with van der Waals surface area (Å²) in [5.41, 5.74) is 1.99. The minimum absolute atomic E-state index is 0.132. The van der Waals surface area contributed by atoms with Crippen LogP contribution in [-0.4, -0.2) is 25.6 Å². The number of nitrogens with one attached hydrogen (secondary N) is 1. The number of nitrogens with zero attached hydrogens (tertiary/aromatic N) is 1. The third-order valence-electron chi connectivity index (χ3n) is 4.95. The first kappa shape index (κ1) is 28.1. The maximum absolute atomic E-state index is 12.7. The van der Waals surface area contributed by atoms with Gasteiger partial charge in [-0.25, -0.2) is 4.79 Å². The number of hydrogen-bond donors (Lipinski definition) is 1. The second-order valence-electron chi connectivity index (χ2n) is 7.49. The highest BCUT2D eigenvalue weighted by Gasteiger charge is 2.15. The van der Waals surface area contributed by atoms with Crippen LogP contribution in [0.15, 0.2) is 64.6 Å². The zero-order chi connectivity index (χ0) is 26.9. The van der Waals surface area contributed by atoms with Crippen LogP contribution < -0.4 is 14.8 Å². The molecule has 0 aliphatic carbocycles. The van der Waals surface area contributed by atoms with Gasteiger partial charge in [-0.2, -0.15) is 5.26 Å². The number of anilines is 1. The summed E-state index contributed by atoms with van der Waals surface area (Å²) in [6, 6.07) is 16.6. The third-order valence-corrected chi connectivity index (χ3v) is 6.28. The molecule has 7 nitrogen and oxygen atoms in total. The van der Waals surface area contributed by atoms with Gasteiger partial charge in [0.25, 0.3) is 5.91 Å². The van der Waals surface area contributed by atoms with Crippen LogP contribution in [0.5, 0.6) is 11.5 Å². The van der Waals surface area contributed by atoms with E-state index in [0.29, 0.717) is 42.8 Å². The van der Waals surface area contributed by atoms with E-state index in [1.165, 1.54) is 25.3 Å². The van der Waals surface area contributed by atoms with Crippen molar-refractivity contribution >= 4 is 62.8 Å². The predicted molar refractivity (Wildman–Crippen MR) is 146 cm³/mol. The molecular formula is C27H21BrCl2N2O5. The highest BCUT2D eigenvalue weighted by molar-refractivity contribution is 9.10. The molecule has 0 saturated carbocycles. The fraction of sp³-hybridized carbons (Fsp3) is 0.148. The number of ether oxygens (including phenoxy) is 3. The van der Waals surface area contributed by atoms with Crippen LogP contribution in [0.2, 0.25) is 10.0 Å². The second-order valence-corrected chi connectivity index (χ2v) is 9.16. The first-order chi connectivity index (χ1) is 17.7. The highest BCUT2D eigenvalue weighted by Crippen LogP contribution is 2.38. The number of rotatable bonds is 9. The van der Waals surface area contributed by atoms with Gasteiger partial charge >= 0.3 is 5.97 Å².